The van der Waals surface area contributed by atoms with E-state index in [1.165, 1.54) is 16.8 Å². The Labute approximate surface area is 97.2 Å². The average molecular weight is 217 g/mol. The topological polar surface area (TPSA) is 12.5 Å². The third-order valence-electron chi connectivity index (χ3n) is 4.48. The minimum absolute atomic E-state index is 0.228. The number of anilines is 1. The first kappa shape index (κ1) is 10.2. The van der Waals surface area contributed by atoms with Crippen LogP contribution >= 0.6 is 0 Å². The maximum atomic E-state index is 6.02. The normalized spacial score (nSPS) is 30.4. The molecule has 2 heterocycles. The minimum Gasteiger partial charge on any atom is -0.270 e. The highest BCUT2D eigenvalue weighted by atomic mass is 16.7. The van der Waals surface area contributed by atoms with Crippen molar-refractivity contribution in [2.45, 2.75) is 46.3 Å². The van der Waals surface area contributed by atoms with Crippen molar-refractivity contribution >= 4 is 5.69 Å². The van der Waals surface area contributed by atoms with Gasteiger partial charge in [0.1, 0.15) is 0 Å². The molecule has 2 atom stereocenters. The SMILES string of the molecule is Cc1cccc2c1CC1N2OC(C)C1(C)C. The fourth-order valence-electron chi connectivity index (χ4n) is 2.88. The van der Waals surface area contributed by atoms with Crippen molar-refractivity contribution in [3.63, 3.8) is 0 Å². The van der Waals surface area contributed by atoms with Crippen LogP contribution in [0, 0.1) is 12.3 Å². The van der Waals surface area contributed by atoms with Gasteiger partial charge in [-0.25, -0.2) is 5.06 Å². The lowest BCUT2D eigenvalue weighted by atomic mass is 9.79. The third-order valence-corrected chi connectivity index (χ3v) is 4.48. The second-order valence-corrected chi connectivity index (χ2v) is 5.69. The summed E-state index contributed by atoms with van der Waals surface area (Å²) in [7, 11) is 0. The molecule has 0 spiro atoms. The van der Waals surface area contributed by atoms with Crippen LogP contribution in [-0.4, -0.2) is 12.1 Å². The van der Waals surface area contributed by atoms with Crippen LogP contribution < -0.4 is 5.06 Å². The summed E-state index contributed by atoms with van der Waals surface area (Å²) in [4.78, 5) is 6.02. The Morgan fingerprint density at radius 1 is 1.38 bits per heavy atom. The number of benzene rings is 1. The maximum Gasteiger partial charge on any atom is 0.0900 e. The van der Waals surface area contributed by atoms with Gasteiger partial charge >= 0.3 is 0 Å². The van der Waals surface area contributed by atoms with E-state index in [1.54, 1.807) is 0 Å². The van der Waals surface area contributed by atoms with Gasteiger partial charge in [-0.05, 0) is 37.5 Å². The number of hydrogen-bond donors (Lipinski definition) is 0. The van der Waals surface area contributed by atoms with Crippen LogP contribution in [0.2, 0.25) is 0 Å². The number of hydrogen-bond acceptors (Lipinski definition) is 2. The van der Waals surface area contributed by atoms with Crippen molar-refractivity contribution in [2.24, 2.45) is 5.41 Å². The number of aryl methyl sites for hydroxylation is 1. The monoisotopic (exact) mass is 217 g/mol. The molecule has 0 saturated carbocycles. The summed E-state index contributed by atoms with van der Waals surface area (Å²) in [6, 6.07) is 6.99. The third kappa shape index (κ3) is 1.11. The predicted octanol–water partition coefficient (Wildman–Crippen LogP) is 3.09. The van der Waals surface area contributed by atoms with Crippen LogP contribution in [0.4, 0.5) is 5.69 Å². The highest BCUT2D eigenvalue weighted by molar-refractivity contribution is 5.61. The van der Waals surface area contributed by atoms with Gasteiger partial charge in [-0.2, -0.15) is 0 Å². The highest BCUT2D eigenvalue weighted by Gasteiger charge is 2.51. The van der Waals surface area contributed by atoms with Crippen LogP contribution in [0.1, 0.15) is 31.9 Å². The summed E-state index contributed by atoms with van der Waals surface area (Å²) in [6.45, 7) is 8.98. The fraction of sp³-hybridized carbons (Fsp3) is 0.571. The summed E-state index contributed by atoms with van der Waals surface area (Å²) in [5, 5.41) is 2.15. The van der Waals surface area contributed by atoms with E-state index < -0.39 is 0 Å². The second kappa shape index (κ2) is 3.01. The van der Waals surface area contributed by atoms with E-state index in [4.69, 9.17) is 4.84 Å². The van der Waals surface area contributed by atoms with E-state index in [2.05, 4.69) is 51.0 Å². The smallest absolute Gasteiger partial charge is 0.0900 e. The molecule has 0 bridgehead atoms. The lowest BCUT2D eigenvalue weighted by Gasteiger charge is -2.26. The maximum absolute atomic E-state index is 6.02. The van der Waals surface area contributed by atoms with Crippen molar-refractivity contribution in [3.8, 4) is 0 Å². The molecule has 2 aliphatic heterocycles. The molecule has 0 N–H and O–H groups in total. The van der Waals surface area contributed by atoms with Crippen LogP contribution in [0.15, 0.2) is 18.2 Å². The van der Waals surface area contributed by atoms with Gasteiger partial charge < -0.3 is 0 Å². The molecule has 3 rings (SSSR count). The van der Waals surface area contributed by atoms with Gasteiger partial charge in [-0.3, -0.25) is 4.84 Å². The molecule has 2 nitrogen and oxygen atoms in total. The van der Waals surface area contributed by atoms with Crippen LogP contribution in [0.25, 0.3) is 0 Å². The van der Waals surface area contributed by atoms with Crippen LogP contribution in [0.3, 0.4) is 0 Å². The summed E-state index contributed by atoms with van der Waals surface area (Å²) in [6.07, 6.45) is 1.42. The first-order valence-corrected chi connectivity index (χ1v) is 6.06. The van der Waals surface area contributed by atoms with E-state index in [9.17, 15) is 0 Å². The van der Waals surface area contributed by atoms with Crippen molar-refractivity contribution in [1.29, 1.82) is 0 Å². The van der Waals surface area contributed by atoms with Gasteiger partial charge in [0.15, 0.2) is 0 Å². The average Bonchev–Trinajstić information content (AvgIpc) is 2.68. The Balaban J connectivity index is 2.08. The summed E-state index contributed by atoms with van der Waals surface area (Å²) < 4.78 is 0. The Bertz CT molecular complexity index is 438. The first-order valence-electron chi connectivity index (χ1n) is 6.06. The molecule has 2 heteroatoms. The molecule has 1 aromatic rings. The number of fused-ring (bicyclic) bond motifs is 3. The van der Waals surface area contributed by atoms with Gasteiger partial charge in [-0.15, -0.1) is 0 Å². The Hall–Kier alpha value is -1.02. The lowest BCUT2D eigenvalue weighted by molar-refractivity contribution is 0.0626. The van der Waals surface area contributed by atoms with E-state index in [0.29, 0.717) is 12.1 Å². The molecule has 1 saturated heterocycles. The largest absolute Gasteiger partial charge is 0.270 e. The molecule has 0 amide bonds. The molecule has 0 aromatic heterocycles. The Morgan fingerprint density at radius 3 is 2.88 bits per heavy atom. The second-order valence-electron chi connectivity index (χ2n) is 5.69. The molecule has 2 aliphatic rings. The van der Waals surface area contributed by atoms with Crippen LogP contribution in [-0.2, 0) is 11.3 Å². The quantitative estimate of drug-likeness (QED) is 0.662. The van der Waals surface area contributed by atoms with E-state index in [0.717, 1.165) is 6.42 Å². The van der Waals surface area contributed by atoms with Crippen molar-refractivity contribution in [3.05, 3.63) is 29.3 Å². The molecule has 1 aromatic carbocycles. The van der Waals surface area contributed by atoms with E-state index in [1.807, 2.05) is 0 Å². The van der Waals surface area contributed by atoms with Crippen LogP contribution in [0.5, 0.6) is 0 Å². The molecule has 0 aliphatic carbocycles. The van der Waals surface area contributed by atoms with Gasteiger partial charge in [-0.1, -0.05) is 26.0 Å². The number of hydroxylamine groups is 1. The van der Waals surface area contributed by atoms with Gasteiger partial charge in [0.25, 0.3) is 0 Å². The van der Waals surface area contributed by atoms with E-state index >= 15 is 0 Å². The fourth-order valence-corrected chi connectivity index (χ4v) is 2.88. The van der Waals surface area contributed by atoms with Crippen molar-refractivity contribution in [1.82, 2.24) is 0 Å². The highest BCUT2D eigenvalue weighted by Crippen LogP contribution is 2.48. The Morgan fingerprint density at radius 2 is 2.12 bits per heavy atom. The molecular formula is C14H19NO. The van der Waals surface area contributed by atoms with E-state index in [-0.39, 0.29) is 5.41 Å². The van der Waals surface area contributed by atoms with Gasteiger partial charge in [0.05, 0.1) is 17.8 Å². The predicted molar refractivity (Wildman–Crippen MR) is 65.5 cm³/mol. The zero-order valence-corrected chi connectivity index (χ0v) is 10.4. The molecule has 86 valence electrons. The number of nitrogens with zero attached hydrogens (tertiary/aromatic N) is 1. The zero-order chi connectivity index (χ0) is 11.5. The number of rotatable bonds is 0. The zero-order valence-electron chi connectivity index (χ0n) is 10.4. The lowest BCUT2D eigenvalue weighted by Crippen LogP contribution is -2.35. The summed E-state index contributed by atoms with van der Waals surface area (Å²) >= 11 is 0. The molecule has 16 heavy (non-hydrogen) atoms. The first-order chi connectivity index (χ1) is 7.51. The van der Waals surface area contributed by atoms with Gasteiger partial charge in [0.2, 0.25) is 0 Å². The minimum atomic E-state index is 0.228. The standard InChI is InChI=1S/C14H19NO/c1-9-6-5-7-12-11(9)8-13-14(3,4)10(2)16-15(12)13/h5-7,10,13H,8H2,1-4H3. The molecular weight excluding hydrogens is 198 g/mol. The van der Waals surface area contributed by atoms with Crippen molar-refractivity contribution in [2.75, 3.05) is 5.06 Å². The summed E-state index contributed by atoms with van der Waals surface area (Å²) in [5.41, 5.74) is 4.36. The van der Waals surface area contributed by atoms with Gasteiger partial charge in [0, 0.05) is 5.41 Å². The Kier molecular flexibility index (Phi) is 1.91. The molecule has 0 radical (unpaired) electrons. The molecule has 1 fully saturated rings. The molecule has 2 unspecified atom stereocenters. The summed E-state index contributed by atoms with van der Waals surface area (Å²) in [5.74, 6) is 0. The van der Waals surface area contributed by atoms with Crippen molar-refractivity contribution < 1.29 is 4.84 Å².